The molecular weight excluding hydrogens is 311 g/mol. The highest BCUT2D eigenvalue weighted by molar-refractivity contribution is 5.88. The van der Waals surface area contributed by atoms with Crippen LogP contribution < -0.4 is 10.6 Å². The molecule has 130 valence electrons. The number of nitrogens with one attached hydrogen (secondary N) is 2. The molecule has 1 heterocycles. The van der Waals surface area contributed by atoms with Crippen molar-refractivity contribution in [2.24, 2.45) is 5.92 Å². The summed E-state index contributed by atoms with van der Waals surface area (Å²) in [5, 5.41) is 19.8. The lowest BCUT2D eigenvalue weighted by molar-refractivity contribution is 0.139. The van der Waals surface area contributed by atoms with Gasteiger partial charge in [0.15, 0.2) is 0 Å². The van der Waals surface area contributed by atoms with Gasteiger partial charge in [-0.25, -0.2) is 13.9 Å². The molecule has 0 aliphatic rings. The van der Waals surface area contributed by atoms with E-state index in [1.54, 1.807) is 23.9 Å². The zero-order valence-electron chi connectivity index (χ0n) is 14.0. The lowest BCUT2D eigenvalue weighted by Gasteiger charge is -2.21. The maximum atomic E-state index is 12.9. The highest BCUT2D eigenvalue weighted by Gasteiger charge is 2.19. The third kappa shape index (κ3) is 4.79. The summed E-state index contributed by atoms with van der Waals surface area (Å²) in [6.45, 7) is 6.49. The molecule has 0 aliphatic carbocycles. The van der Waals surface area contributed by atoms with Gasteiger partial charge in [-0.1, -0.05) is 26.0 Å². The second kappa shape index (κ2) is 7.92. The lowest BCUT2D eigenvalue weighted by Crippen LogP contribution is -2.40. The fourth-order valence-corrected chi connectivity index (χ4v) is 2.32. The summed E-state index contributed by atoms with van der Waals surface area (Å²) in [4.78, 5) is 12.1. The average molecular weight is 334 g/mol. The molecule has 24 heavy (non-hydrogen) atoms. The molecule has 7 heteroatoms. The largest absolute Gasteiger partial charge is 0.386 e. The minimum absolute atomic E-state index is 0.372. The van der Waals surface area contributed by atoms with Crippen molar-refractivity contribution in [2.75, 3.05) is 5.32 Å². The summed E-state index contributed by atoms with van der Waals surface area (Å²) < 4.78 is 14.6. The highest BCUT2D eigenvalue weighted by atomic mass is 19.1. The van der Waals surface area contributed by atoms with Crippen LogP contribution in [0.2, 0.25) is 0 Å². The van der Waals surface area contributed by atoms with Crippen LogP contribution >= 0.6 is 0 Å². The molecule has 0 spiro atoms. The van der Waals surface area contributed by atoms with E-state index in [1.165, 1.54) is 24.3 Å². The molecule has 2 rings (SSSR count). The topological polar surface area (TPSA) is 79.2 Å². The van der Waals surface area contributed by atoms with Crippen molar-refractivity contribution in [1.29, 1.82) is 0 Å². The monoisotopic (exact) mass is 334 g/mol. The molecule has 2 atom stereocenters. The van der Waals surface area contributed by atoms with E-state index in [-0.39, 0.29) is 5.82 Å². The van der Waals surface area contributed by atoms with Crippen LogP contribution in [0.1, 0.15) is 32.4 Å². The number of anilines is 1. The lowest BCUT2D eigenvalue weighted by atomic mass is 10.0. The van der Waals surface area contributed by atoms with Crippen molar-refractivity contribution in [3.63, 3.8) is 0 Å². The Kier molecular flexibility index (Phi) is 5.92. The number of carbonyl (C=O) groups excluding carboxylic acids is 1. The van der Waals surface area contributed by atoms with E-state index in [2.05, 4.69) is 29.6 Å². The number of amides is 2. The molecule has 3 N–H and O–H groups in total. The molecule has 0 unspecified atom stereocenters. The summed E-state index contributed by atoms with van der Waals surface area (Å²) in [5.74, 6) is 0.611. The smallest absolute Gasteiger partial charge is 0.320 e. The van der Waals surface area contributed by atoms with Crippen LogP contribution in [0, 0.1) is 11.7 Å². The molecule has 6 nitrogen and oxygen atoms in total. The number of aliphatic hydroxyl groups excluding tert-OH is 1. The van der Waals surface area contributed by atoms with Crippen LogP contribution in [0.3, 0.4) is 0 Å². The molecule has 0 saturated heterocycles. The predicted molar refractivity (Wildman–Crippen MR) is 90.0 cm³/mol. The second-order valence-corrected chi connectivity index (χ2v) is 6.18. The second-order valence-electron chi connectivity index (χ2n) is 6.18. The first-order chi connectivity index (χ1) is 11.4. The molecule has 0 aliphatic heterocycles. The Hall–Kier alpha value is -2.41. The quantitative estimate of drug-likeness (QED) is 0.760. The molecule has 2 amide bonds. The van der Waals surface area contributed by atoms with Crippen LogP contribution in [0.4, 0.5) is 15.0 Å². The molecule has 2 aromatic rings. The van der Waals surface area contributed by atoms with Crippen LogP contribution in [-0.4, -0.2) is 27.0 Å². The number of halogens is 1. The van der Waals surface area contributed by atoms with Crippen molar-refractivity contribution in [2.45, 2.75) is 39.5 Å². The van der Waals surface area contributed by atoms with Crippen LogP contribution in [0.25, 0.3) is 0 Å². The molecule has 0 radical (unpaired) electrons. The first-order valence-corrected chi connectivity index (χ1v) is 7.89. The molecule has 1 aromatic carbocycles. The van der Waals surface area contributed by atoms with Crippen molar-refractivity contribution < 1.29 is 14.3 Å². The van der Waals surface area contributed by atoms with Crippen LogP contribution in [0.5, 0.6) is 0 Å². The van der Waals surface area contributed by atoms with Gasteiger partial charge >= 0.3 is 6.03 Å². The van der Waals surface area contributed by atoms with Gasteiger partial charge in [0.1, 0.15) is 11.6 Å². The van der Waals surface area contributed by atoms with Crippen LogP contribution in [0.15, 0.2) is 36.5 Å². The molecule has 0 fully saturated rings. The first-order valence-electron chi connectivity index (χ1n) is 7.89. The number of urea groups is 1. The Morgan fingerprint density at radius 1 is 1.25 bits per heavy atom. The number of aliphatic hydroxyl groups is 1. The maximum Gasteiger partial charge on any atom is 0.320 e. The summed E-state index contributed by atoms with van der Waals surface area (Å²) in [6.07, 6.45) is 0.686. The van der Waals surface area contributed by atoms with E-state index < -0.39 is 18.2 Å². The predicted octanol–water partition coefficient (Wildman–Crippen LogP) is 2.92. The van der Waals surface area contributed by atoms with Crippen molar-refractivity contribution >= 4 is 11.8 Å². The SMILES string of the molecule is CC(C)Cn1nccc1NC(=O)N[C@H](C)[C@@H](O)c1ccc(F)cc1. The van der Waals surface area contributed by atoms with E-state index in [4.69, 9.17) is 0 Å². The Bertz CT molecular complexity index is 669. The minimum atomic E-state index is -0.933. The number of carbonyl (C=O) groups is 1. The third-order valence-corrected chi connectivity index (χ3v) is 3.54. The summed E-state index contributed by atoms with van der Waals surface area (Å²) >= 11 is 0. The van der Waals surface area contributed by atoms with E-state index in [0.717, 1.165) is 0 Å². The zero-order valence-corrected chi connectivity index (χ0v) is 14.0. The average Bonchev–Trinajstić information content (AvgIpc) is 2.93. The maximum absolute atomic E-state index is 12.9. The summed E-state index contributed by atoms with van der Waals surface area (Å²) in [6, 6.07) is 6.27. The van der Waals surface area contributed by atoms with E-state index in [1.807, 2.05) is 0 Å². The molecule has 0 bridgehead atoms. The zero-order chi connectivity index (χ0) is 17.7. The van der Waals surface area contributed by atoms with Gasteiger partial charge in [0.2, 0.25) is 0 Å². The number of hydrogen-bond donors (Lipinski definition) is 3. The van der Waals surface area contributed by atoms with Gasteiger partial charge in [-0.3, -0.25) is 5.32 Å². The van der Waals surface area contributed by atoms with Gasteiger partial charge in [-0.2, -0.15) is 5.10 Å². The van der Waals surface area contributed by atoms with Gasteiger partial charge < -0.3 is 10.4 Å². The van der Waals surface area contributed by atoms with Gasteiger partial charge in [0, 0.05) is 12.6 Å². The minimum Gasteiger partial charge on any atom is -0.386 e. The normalized spacial score (nSPS) is 13.6. The number of benzene rings is 1. The first kappa shape index (κ1) is 17.9. The number of aromatic nitrogens is 2. The number of nitrogens with zero attached hydrogens (tertiary/aromatic N) is 2. The van der Waals surface area contributed by atoms with Crippen molar-refractivity contribution in [1.82, 2.24) is 15.1 Å². The number of rotatable bonds is 6. The van der Waals surface area contributed by atoms with E-state index >= 15 is 0 Å². The molecule has 0 saturated carbocycles. The Morgan fingerprint density at radius 2 is 1.92 bits per heavy atom. The Balaban J connectivity index is 1.94. The van der Waals surface area contributed by atoms with Crippen molar-refractivity contribution in [3.05, 3.63) is 47.9 Å². The van der Waals surface area contributed by atoms with Gasteiger partial charge in [0.05, 0.1) is 18.3 Å². The Labute approximate surface area is 140 Å². The Morgan fingerprint density at radius 3 is 2.54 bits per heavy atom. The van der Waals surface area contributed by atoms with E-state index in [9.17, 15) is 14.3 Å². The van der Waals surface area contributed by atoms with Gasteiger partial charge in [-0.15, -0.1) is 0 Å². The molecular formula is C17H23FN4O2. The highest BCUT2D eigenvalue weighted by Crippen LogP contribution is 2.17. The summed E-state index contributed by atoms with van der Waals surface area (Å²) in [7, 11) is 0. The van der Waals surface area contributed by atoms with Gasteiger partial charge in [-0.05, 0) is 30.5 Å². The molecule has 1 aromatic heterocycles. The van der Waals surface area contributed by atoms with Crippen molar-refractivity contribution in [3.8, 4) is 0 Å². The van der Waals surface area contributed by atoms with Crippen LogP contribution in [-0.2, 0) is 6.54 Å². The fraction of sp³-hybridized carbons (Fsp3) is 0.412. The number of hydrogen-bond acceptors (Lipinski definition) is 3. The fourth-order valence-electron chi connectivity index (χ4n) is 2.32. The summed E-state index contributed by atoms with van der Waals surface area (Å²) in [5.41, 5.74) is 0.536. The third-order valence-electron chi connectivity index (χ3n) is 3.54. The van der Waals surface area contributed by atoms with E-state index in [0.29, 0.717) is 23.8 Å². The standard InChI is InChI=1S/C17H23FN4O2/c1-11(2)10-22-15(8-9-19-22)21-17(24)20-12(3)16(23)13-4-6-14(18)7-5-13/h4-9,11-12,16,23H,10H2,1-3H3,(H2,20,21,24)/t12-,16-/m1/s1. The van der Waals surface area contributed by atoms with Gasteiger partial charge in [0.25, 0.3) is 0 Å².